The Labute approximate surface area is 95.9 Å². The molecule has 4 nitrogen and oxygen atoms in total. The van der Waals surface area contributed by atoms with Gasteiger partial charge in [0.25, 0.3) is 5.91 Å². The van der Waals surface area contributed by atoms with Crippen LogP contribution in [-0.2, 0) is 4.79 Å². The molecule has 6 heteroatoms. The molecule has 1 unspecified atom stereocenters. The number of nitrogens with one attached hydrogen (secondary N) is 1. The largest absolute Gasteiger partial charge is 0.481 e. The van der Waals surface area contributed by atoms with E-state index in [2.05, 4.69) is 5.32 Å². The van der Waals surface area contributed by atoms with Crippen molar-refractivity contribution < 1.29 is 14.7 Å². The van der Waals surface area contributed by atoms with Gasteiger partial charge in [-0.15, -0.1) is 11.3 Å². The lowest BCUT2D eigenvalue weighted by Crippen LogP contribution is -2.33. The Morgan fingerprint density at radius 1 is 1.67 bits per heavy atom. The maximum absolute atomic E-state index is 11.5. The summed E-state index contributed by atoms with van der Waals surface area (Å²) in [5.41, 5.74) is 0. The van der Waals surface area contributed by atoms with Gasteiger partial charge in [0.2, 0.25) is 0 Å². The second-order valence-corrected chi connectivity index (χ2v) is 4.39. The van der Waals surface area contributed by atoms with E-state index in [1.54, 1.807) is 18.4 Å². The van der Waals surface area contributed by atoms with Crippen LogP contribution in [0, 0.1) is 0 Å². The molecule has 82 valence electrons. The molecule has 0 aromatic carbocycles. The second-order valence-electron chi connectivity index (χ2n) is 3.07. The van der Waals surface area contributed by atoms with E-state index in [1.165, 1.54) is 11.3 Å². The molecule has 1 heterocycles. The summed E-state index contributed by atoms with van der Waals surface area (Å²) in [6.07, 6.45) is -0.102. The first kappa shape index (κ1) is 12.0. The average molecular weight is 248 g/mol. The first-order valence-electron chi connectivity index (χ1n) is 4.26. The summed E-state index contributed by atoms with van der Waals surface area (Å²) in [5, 5.41) is 13.2. The van der Waals surface area contributed by atoms with E-state index in [0.717, 1.165) is 0 Å². The van der Waals surface area contributed by atoms with Crippen molar-refractivity contribution >= 4 is 34.8 Å². The summed E-state index contributed by atoms with van der Waals surface area (Å²) in [5.74, 6) is -1.27. The van der Waals surface area contributed by atoms with Crippen molar-refractivity contribution in [1.82, 2.24) is 5.32 Å². The molecule has 1 aromatic heterocycles. The van der Waals surface area contributed by atoms with Crippen LogP contribution in [0.1, 0.15) is 23.0 Å². The molecule has 0 aliphatic carbocycles. The molecular weight excluding hydrogens is 238 g/mol. The zero-order valence-corrected chi connectivity index (χ0v) is 9.56. The van der Waals surface area contributed by atoms with Crippen LogP contribution in [0.15, 0.2) is 11.4 Å². The van der Waals surface area contributed by atoms with Gasteiger partial charge in [-0.2, -0.15) is 0 Å². The number of carbonyl (C=O) groups is 2. The summed E-state index contributed by atoms with van der Waals surface area (Å²) >= 11 is 6.98. The van der Waals surface area contributed by atoms with Crippen molar-refractivity contribution in [2.75, 3.05) is 0 Å². The van der Waals surface area contributed by atoms with E-state index in [-0.39, 0.29) is 12.3 Å². The number of carbonyl (C=O) groups excluding carboxylic acids is 1. The highest BCUT2D eigenvalue weighted by Crippen LogP contribution is 2.21. The number of amides is 1. The maximum atomic E-state index is 11.5. The number of carboxylic acids is 1. The molecule has 0 spiro atoms. The zero-order valence-electron chi connectivity index (χ0n) is 7.99. The molecule has 0 aliphatic heterocycles. The van der Waals surface area contributed by atoms with Crippen LogP contribution < -0.4 is 5.32 Å². The summed E-state index contributed by atoms with van der Waals surface area (Å²) < 4.78 is 0. The topological polar surface area (TPSA) is 66.4 Å². The standard InChI is InChI=1S/C9H10ClNO3S/c1-5(4-7(12)13)11-9(14)8-6(10)2-3-15-8/h2-3,5H,4H2,1H3,(H,11,14)(H,12,13). The number of thiophene rings is 1. The molecule has 0 aliphatic rings. The summed E-state index contributed by atoms with van der Waals surface area (Å²) in [4.78, 5) is 22.3. The van der Waals surface area contributed by atoms with E-state index in [9.17, 15) is 9.59 Å². The van der Waals surface area contributed by atoms with Crippen molar-refractivity contribution in [3.63, 3.8) is 0 Å². The van der Waals surface area contributed by atoms with Crippen LogP contribution in [-0.4, -0.2) is 23.0 Å². The summed E-state index contributed by atoms with van der Waals surface area (Å²) in [7, 11) is 0. The first-order chi connectivity index (χ1) is 7.00. The van der Waals surface area contributed by atoms with Crippen LogP contribution in [0.25, 0.3) is 0 Å². The van der Waals surface area contributed by atoms with E-state index < -0.39 is 12.0 Å². The highest BCUT2D eigenvalue weighted by molar-refractivity contribution is 7.12. The molecule has 0 saturated carbocycles. The monoisotopic (exact) mass is 247 g/mol. The Morgan fingerprint density at radius 3 is 2.80 bits per heavy atom. The maximum Gasteiger partial charge on any atom is 0.305 e. The Hall–Kier alpha value is -1.07. The predicted molar refractivity (Wildman–Crippen MR) is 58.5 cm³/mol. The van der Waals surface area contributed by atoms with Crippen molar-refractivity contribution in [2.24, 2.45) is 0 Å². The quantitative estimate of drug-likeness (QED) is 0.855. The van der Waals surface area contributed by atoms with E-state index in [1.807, 2.05) is 0 Å². The smallest absolute Gasteiger partial charge is 0.305 e. The van der Waals surface area contributed by atoms with E-state index in [4.69, 9.17) is 16.7 Å². The molecule has 0 bridgehead atoms. The predicted octanol–water partition coefficient (Wildman–Crippen LogP) is 1.99. The zero-order chi connectivity index (χ0) is 11.4. The number of carboxylic acid groups (broad SMARTS) is 1. The molecular formula is C9H10ClNO3S. The number of rotatable bonds is 4. The SMILES string of the molecule is CC(CC(=O)O)NC(=O)c1sccc1Cl. The lowest BCUT2D eigenvalue weighted by molar-refractivity contribution is -0.137. The minimum absolute atomic E-state index is 0.102. The average Bonchev–Trinajstić information content (AvgIpc) is 2.49. The third kappa shape index (κ3) is 3.53. The highest BCUT2D eigenvalue weighted by atomic mass is 35.5. The fraction of sp³-hybridized carbons (Fsp3) is 0.333. The van der Waals surface area contributed by atoms with Gasteiger partial charge in [0.05, 0.1) is 11.4 Å². The number of hydrogen-bond acceptors (Lipinski definition) is 3. The van der Waals surface area contributed by atoms with Gasteiger partial charge in [-0.3, -0.25) is 9.59 Å². The molecule has 0 saturated heterocycles. The minimum atomic E-state index is -0.944. The van der Waals surface area contributed by atoms with Gasteiger partial charge in [0, 0.05) is 6.04 Å². The third-order valence-corrected chi connectivity index (χ3v) is 3.02. The van der Waals surface area contributed by atoms with Crippen LogP contribution >= 0.6 is 22.9 Å². The molecule has 1 rings (SSSR count). The molecule has 0 radical (unpaired) electrons. The third-order valence-electron chi connectivity index (χ3n) is 1.68. The Bertz CT molecular complexity index is 377. The van der Waals surface area contributed by atoms with Gasteiger partial charge in [0.1, 0.15) is 4.88 Å². The van der Waals surface area contributed by atoms with Gasteiger partial charge < -0.3 is 10.4 Å². The fourth-order valence-corrected chi connectivity index (χ4v) is 2.10. The van der Waals surface area contributed by atoms with Crippen LogP contribution in [0.3, 0.4) is 0 Å². The van der Waals surface area contributed by atoms with Crippen molar-refractivity contribution in [2.45, 2.75) is 19.4 Å². The van der Waals surface area contributed by atoms with Crippen molar-refractivity contribution in [3.8, 4) is 0 Å². The Morgan fingerprint density at radius 2 is 2.33 bits per heavy atom. The number of halogens is 1. The van der Waals surface area contributed by atoms with Crippen LogP contribution in [0.5, 0.6) is 0 Å². The molecule has 1 amide bonds. The molecule has 1 atom stereocenters. The fourth-order valence-electron chi connectivity index (χ4n) is 1.06. The highest BCUT2D eigenvalue weighted by Gasteiger charge is 2.15. The van der Waals surface area contributed by atoms with Crippen molar-refractivity contribution in [1.29, 1.82) is 0 Å². The molecule has 15 heavy (non-hydrogen) atoms. The van der Waals surface area contributed by atoms with Crippen LogP contribution in [0.4, 0.5) is 0 Å². The van der Waals surface area contributed by atoms with E-state index >= 15 is 0 Å². The Kier molecular flexibility index (Phi) is 4.11. The van der Waals surface area contributed by atoms with Gasteiger partial charge in [0.15, 0.2) is 0 Å². The van der Waals surface area contributed by atoms with Crippen LogP contribution in [0.2, 0.25) is 5.02 Å². The molecule has 1 aromatic rings. The lowest BCUT2D eigenvalue weighted by atomic mass is 10.2. The number of hydrogen-bond donors (Lipinski definition) is 2. The van der Waals surface area contributed by atoms with Gasteiger partial charge in [-0.1, -0.05) is 11.6 Å². The minimum Gasteiger partial charge on any atom is -0.481 e. The Balaban J connectivity index is 2.56. The van der Waals surface area contributed by atoms with Gasteiger partial charge in [-0.25, -0.2) is 0 Å². The molecule has 0 fully saturated rings. The van der Waals surface area contributed by atoms with Gasteiger partial charge >= 0.3 is 5.97 Å². The van der Waals surface area contributed by atoms with Gasteiger partial charge in [-0.05, 0) is 18.4 Å². The molecule has 2 N–H and O–H groups in total. The summed E-state index contributed by atoms with van der Waals surface area (Å²) in [6, 6.07) is 1.22. The first-order valence-corrected chi connectivity index (χ1v) is 5.52. The normalized spacial score (nSPS) is 12.1. The van der Waals surface area contributed by atoms with Crippen molar-refractivity contribution in [3.05, 3.63) is 21.3 Å². The van der Waals surface area contributed by atoms with E-state index in [0.29, 0.717) is 9.90 Å². The number of aliphatic carboxylic acids is 1. The second kappa shape index (κ2) is 5.14. The summed E-state index contributed by atoms with van der Waals surface area (Å²) in [6.45, 7) is 1.63. The lowest BCUT2D eigenvalue weighted by Gasteiger charge is -2.10.